The number of alkyl carbamates (subject to hydrolysis) is 1. The summed E-state index contributed by atoms with van der Waals surface area (Å²) in [5.41, 5.74) is 0.585. The summed E-state index contributed by atoms with van der Waals surface area (Å²) in [6.45, 7) is 2.17. The number of Topliss-reactive ketones (excluding diaryl/α,β-unsaturated/α-hetero) is 1. The van der Waals surface area contributed by atoms with Crippen LogP contribution in [-0.4, -0.2) is 112 Å². The maximum absolute atomic E-state index is 13.7. The van der Waals surface area contributed by atoms with E-state index in [2.05, 4.69) is 21.2 Å². The Morgan fingerprint density at radius 3 is 2.37 bits per heavy atom. The lowest BCUT2D eigenvalue weighted by Crippen LogP contribution is -2.70. The highest BCUT2D eigenvalue weighted by molar-refractivity contribution is 9.09. The van der Waals surface area contributed by atoms with Gasteiger partial charge in [-0.25, -0.2) is 9.59 Å². The number of halogens is 4. The molecule has 0 aliphatic carbocycles. The number of thioether (sulfide) groups is 1. The number of carbonyl (C=O) groups excluding carboxylic acids is 5. The lowest BCUT2D eigenvalue weighted by molar-refractivity contribution is -0.151. The van der Waals surface area contributed by atoms with Gasteiger partial charge in [-0.1, -0.05) is 81.1 Å². The van der Waals surface area contributed by atoms with Crippen LogP contribution >= 0.6 is 62.5 Å². The minimum absolute atomic E-state index is 0.131. The van der Waals surface area contributed by atoms with Gasteiger partial charge >= 0.3 is 18.0 Å². The number of nitrogens with zero attached hydrogens (tertiary/aromatic N) is 2. The molecule has 236 valence electrons. The lowest BCUT2D eigenvalue weighted by Gasteiger charge is -2.47. The minimum atomic E-state index is -1.88. The molecule has 1 aromatic carbocycles. The summed E-state index contributed by atoms with van der Waals surface area (Å²) in [5.74, 6) is -2.86. The predicted octanol–water partition coefficient (Wildman–Crippen LogP) is 3.28. The number of nitrogens with one attached hydrogen (secondary N) is 1. The molecule has 0 spiro atoms. The molecule has 3 rings (SSSR count). The molecule has 43 heavy (non-hydrogen) atoms. The Balaban J connectivity index is 1.92. The molecule has 0 radical (unpaired) electrons. The van der Waals surface area contributed by atoms with E-state index in [1.165, 1.54) is 0 Å². The number of amides is 2. The number of hydrogen-bond donors (Lipinski definition) is 1. The number of alkyl halides is 4. The van der Waals surface area contributed by atoms with Crippen LogP contribution in [0.4, 0.5) is 4.79 Å². The molecule has 0 aromatic heterocycles. The number of likely N-dealkylation sites (tertiary alicyclic amines) is 1. The SMILES string of the molecule is CCOC(=O)CSC1C(NC(=O)OCC(Cl)(Cl)Cl)C(=O)N1/C(C(=O)OCC(=O)c1ccccc1)=C(/CBr)N1CCOCC1. The van der Waals surface area contributed by atoms with Crippen molar-refractivity contribution in [1.82, 2.24) is 15.1 Å². The molecule has 17 heteroatoms. The fourth-order valence-corrected chi connectivity index (χ4v) is 5.98. The molecule has 2 unspecified atom stereocenters. The van der Waals surface area contributed by atoms with E-state index in [9.17, 15) is 24.0 Å². The van der Waals surface area contributed by atoms with Crippen molar-refractivity contribution in [3.05, 3.63) is 47.3 Å². The molecule has 0 bridgehead atoms. The highest BCUT2D eigenvalue weighted by atomic mass is 79.9. The number of esters is 2. The molecule has 12 nitrogen and oxygen atoms in total. The first kappa shape index (κ1) is 35.3. The van der Waals surface area contributed by atoms with Gasteiger partial charge in [-0.2, -0.15) is 0 Å². The Morgan fingerprint density at radius 2 is 1.77 bits per heavy atom. The minimum Gasteiger partial charge on any atom is -0.465 e. The van der Waals surface area contributed by atoms with E-state index in [4.69, 9.17) is 53.8 Å². The van der Waals surface area contributed by atoms with Gasteiger partial charge in [0.15, 0.2) is 18.1 Å². The van der Waals surface area contributed by atoms with Crippen LogP contribution in [0.25, 0.3) is 0 Å². The van der Waals surface area contributed by atoms with E-state index in [1.807, 2.05) is 4.90 Å². The second kappa shape index (κ2) is 16.7. The van der Waals surface area contributed by atoms with Crippen LogP contribution in [0.1, 0.15) is 17.3 Å². The fourth-order valence-electron chi connectivity index (χ4n) is 4.07. The number of β-lactam (4-membered cyclic amide) rings is 1. The van der Waals surface area contributed by atoms with Crippen LogP contribution in [0, 0.1) is 0 Å². The molecule has 2 fully saturated rings. The monoisotopic (exact) mass is 743 g/mol. The van der Waals surface area contributed by atoms with Gasteiger partial charge in [0.05, 0.1) is 31.3 Å². The number of hydrogen-bond acceptors (Lipinski definition) is 11. The first-order valence-corrected chi connectivity index (χ1v) is 16.2. The van der Waals surface area contributed by atoms with Crippen molar-refractivity contribution in [1.29, 1.82) is 0 Å². The second-order valence-electron chi connectivity index (χ2n) is 8.92. The molecular formula is C26H29BrCl3N3O9S. The maximum atomic E-state index is 13.7. The second-order valence-corrected chi connectivity index (χ2v) is 13.1. The van der Waals surface area contributed by atoms with Crippen molar-refractivity contribution in [2.75, 3.05) is 57.2 Å². The Kier molecular flexibility index (Phi) is 13.7. The summed E-state index contributed by atoms with van der Waals surface area (Å²) >= 11 is 21.3. The van der Waals surface area contributed by atoms with Gasteiger partial charge in [-0.3, -0.25) is 19.3 Å². The summed E-state index contributed by atoms with van der Waals surface area (Å²) in [4.78, 5) is 67.5. The Bertz CT molecular complexity index is 1210. The van der Waals surface area contributed by atoms with Crippen molar-refractivity contribution in [3.63, 3.8) is 0 Å². The molecule has 2 aliphatic rings. The van der Waals surface area contributed by atoms with Gasteiger partial charge in [0.1, 0.15) is 18.0 Å². The average Bonchev–Trinajstić information content (AvgIpc) is 2.99. The van der Waals surface area contributed by atoms with E-state index < -0.39 is 58.1 Å². The van der Waals surface area contributed by atoms with E-state index in [0.29, 0.717) is 37.6 Å². The van der Waals surface area contributed by atoms with Gasteiger partial charge < -0.3 is 29.2 Å². The first-order chi connectivity index (χ1) is 20.5. The summed E-state index contributed by atoms with van der Waals surface area (Å²) in [6.07, 6.45) is -1.05. The van der Waals surface area contributed by atoms with Crippen molar-refractivity contribution in [2.24, 2.45) is 0 Å². The van der Waals surface area contributed by atoms with E-state index in [-0.39, 0.29) is 23.4 Å². The number of ketones is 1. The number of carbonyl (C=O) groups is 5. The lowest BCUT2D eigenvalue weighted by atomic mass is 10.0. The molecule has 1 aromatic rings. The predicted molar refractivity (Wildman–Crippen MR) is 163 cm³/mol. The number of morpholine rings is 1. The molecule has 0 saturated carbocycles. The average molecular weight is 746 g/mol. The number of ether oxygens (including phenoxy) is 4. The zero-order valence-corrected chi connectivity index (χ0v) is 27.6. The Hall–Kier alpha value is -2.23. The summed E-state index contributed by atoms with van der Waals surface area (Å²) in [7, 11) is 0. The largest absolute Gasteiger partial charge is 0.465 e. The van der Waals surface area contributed by atoms with Crippen LogP contribution in [0.3, 0.4) is 0 Å². The van der Waals surface area contributed by atoms with Crippen LogP contribution < -0.4 is 5.32 Å². The van der Waals surface area contributed by atoms with Crippen molar-refractivity contribution < 1.29 is 42.9 Å². The first-order valence-electron chi connectivity index (χ1n) is 12.9. The third kappa shape index (κ3) is 10.1. The fraction of sp³-hybridized carbons (Fsp3) is 0.500. The summed E-state index contributed by atoms with van der Waals surface area (Å²) in [6, 6.07) is 7.05. The van der Waals surface area contributed by atoms with Gasteiger partial charge in [0.2, 0.25) is 3.79 Å². The van der Waals surface area contributed by atoms with Gasteiger partial charge in [0.25, 0.3) is 5.91 Å². The standard InChI is InChI=1S/C26H29BrCl3N3O9S/c1-2-40-19(35)14-43-23-20(31-25(38)42-15-26(28,29)30)22(36)33(23)21(17(12-27)32-8-10-39-11-9-32)24(37)41-13-18(34)16-6-4-3-5-7-16/h3-7,20,23H,2,8-15H2,1H3,(H,31,38)/b21-17-. The van der Waals surface area contributed by atoms with Crippen molar-refractivity contribution in [3.8, 4) is 0 Å². The zero-order valence-electron chi connectivity index (χ0n) is 22.9. The van der Waals surface area contributed by atoms with Gasteiger partial charge in [0, 0.05) is 24.0 Å². The highest BCUT2D eigenvalue weighted by Gasteiger charge is 2.53. The summed E-state index contributed by atoms with van der Waals surface area (Å²) in [5, 5.41) is 1.56. The van der Waals surface area contributed by atoms with Crippen molar-refractivity contribution in [2.45, 2.75) is 22.1 Å². The number of rotatable bonds is 13. The third-order valence-electron chi connectivity index (χ3n) is 6.02. The molecule has 2 saturated heterocycles. The number of benzene rings is 1. The quantitative estimate of drug-likeness (QED) is 0.0795. The highest BCUT2D eigenvalue weighted by Crippen LogP contribution is 2.37. The van der Waals surface area contributed by atoms with E-state index in [0.717, 1.165) is 16.7 Å². The van der Waals surface area contributed by atoms with Crippen LogP contribution in [-0.2, 0) is 33.3 Å². The smallest absolute Gasteiger partial charge is 0.408 e. The van der Waals surface area contributed by atoms with Gasteiger partial charge in [-0.05, 0) is 6.92 Å². The van der Waals surface area contributed by atoms with Crippen molar-refractivity contribution >= 4 is 92.2 Å². The van der Waals surface area contributed by atoms with Crippen LogP contribution in [0.15, 0.2) is 41.7 Å². The molecule has 2 heterocycles. The van der Waals surface area contributed by atoms with Crippen LogP contribution in [0.5, 0.6) is 0 Å². The van der Waals surface area contributed by atoms with Gasteiger partial charge in [-0.15, -0.1) is 11.8 Å². The van der Waals surface area contributed by atoms with Crippen LogP contribution in [0.2, 0.25) is 0 Å². The zero-order chi connectivity index (χ0) is 31.6. The number of allylic oxidation sites excluding steroid dienone is 1. The maximum Gasteiger partial charge on any atom is 0.408 e. The van der Waals surface area contributed by atoms with E-state index in [1.54, 1.807) is 37.3 Å². The molecular weight excluding hydrogens is 717 g/mol. The molecule has 1 N–H and O–H groups in total. The van der Waals surface area contributed by atoms with E-state index >= 15 is 0 Å². The molecule has 2 atom stereocenters. The normalized spacial score (nSPS) is 19.1. The third-order valence-corrected chi connectivity index (χ3v) is 8.10. The molecule has 2 amide bonds. The molecule has 2 aliphatic heterocycles. The topological polar surface area (TPSA) is 141 Å². The summed E-state index contributed by atoms with van der Waals surface area (Å²) < 4.78 is 18.9. The Morgan fingerprint density at radius 1 is 1.09 bits per heavy atom. The Labute approximate surface area is 275 Å².